The summed E-state index contributed by atoms with van der Waals surface area (Å²) in [5, 5.41) is 0. The molecule has 3 rings (SSSR count). The molecule has 2 aliphatic rings. The summed E-state index contributed by atoms with van der Waals surface area (Å²) < 4.78 is 0. The maximum absolute atomic E-state index is 12.8. The number of hydrogen-bond donors (Lipinski definition) is 0. The largest absolute Gasteiger partial charge is 0.331 e. The molecule has 1 aliphatic heterocycles. The molecule has 1 heterocycles. The molecule has 0 bridgehead atoms. The summed E-state index contributed by atoms with van der Waals surface area (Å²) in [6, 6.07) is 10.5. The standard InChI is InChI=1S/C17H24N2O/c1-3-18(4-2)15-12-17(10-11-17)19(16(15)20)13-14-8-6-5-7-9-14/h5-9,15H,3-4,10-13H2,1-2H3. The lowest BCUT2D eigenvalue weighted by Crippen LogP contribution is -2.42. The maximum Gasteiger partial charge on any atom is 0.240 e. The topological polar surface area (TPSA) is 23.6 Å². The van der Waals surface area contributed by atoms with Gasteiger partial charge < -0.3 is 4.90 Å². The third kappa shape index (κ3) is 2.24. The van der Waals surface area contributed by atoms with E-state index >= 15 is 0 Å². The number of likely N-dealkylation sites (N-methyl/N-ethyl adjacent to an activating group) is 1. The molecule has 1 unspecified atom stereocenters. The van der Waals surface area contributed by atoms with Gasteiger partial charge in [0.1, 0.15) is 0 Å². The van der Waals surface area contributed by atoms with E-state index in [1.165, 1.54) is 18.4 Å². The van der Waals surface area contributed by atoms with Crippen LogP contribution in [0.15, 0.2) is 30.3 Å². The SMILES string of the molecule is CCN(CC)C1CC2(CC2)N(Cc2ccccc2)C1=O. The van der Waals surface area contributed by atoms with Crippen LogP contribution in [0.2, 0.25) is 0 Å². The zero-order valence-electron chi connectivity index (χ0n) is 12.5. The summed E-state index contributed by atoms with van der Waals surface area (Å²) >= 11 is 0. The van der Waals surface area contributed by atoms with Gasteiger partial charge >= 0.3 is 0 Å². The van der Waals surface area contributed by atoms with E-state index in [1.807, 2.05) is 6.07 Å². The van der Waals surface area contributed by atoms with Crippen LogP contribution in [0.1, 0.15) is 38.7 Å². The van der Waals surface area contributed by atoms with Crippen molar-refractivity contribution in [2.75, 3.05) is 13.1 Å². The van der Waals surface area contributed by atoms with Crippen LogP contribution in [0.5, 0.6) is 0 Å². The fourth-order valence-corrected chi connectivity index (χ4v) is 3.55. The Morgan fingerprint density at radius 1 is 1.20 bits per heavy atom. The predicted octanol–water partition coefficient (Wildman–Crippen LogP) is 2.66. The molecule has 1 saturated heterocycles. The number of carbonyl (C=O) groups is 1. The summed E-state index contributed by atoms with van der Waals surface area (Å²) in [7, 11) is 0. The van der Waals surface area contributed by atoms with Gasteiger partial charge in [0.05, 0.1) is 6.04 Å². The molecule has 1 aliphatic carbocycles. The van der Waals surface area contributed by atoms with Crippen LogP contribution in [0.25, 0.3) is 0 Å². The Bertz CT molecular complexity index is 477. The Hall–Kier alpha value is -1.35. The highest BCUT2D eigenvalue weighted by Crippen LogP contribution is 2.51. The minimum absolute atomic E-state index is 0.108. The quantitative estimate of drug-likeness (QED) is 0.822. The molecule has 1 aromatic carbocycles. The minimum Gasteiger partial charge on any atom is -0.331 e. The number of benzene rings is 1. The lowest BCUT2D eigenvalue weighted by molar-refractivity contribution is -0.134. The van der Waals surface area contributed by atoms with Crippen LogP contribution < -0.4 is 0 Å². The van der Waals surface area contributed by atoms with Crippen molar-refractivity contribution in [1.82, 2.24) is 9.80 Å². The van der Waals surface area contributed by atoms with Crippen LogP contribution in [0, 0.1) is 0 Å². The molecule has 1 atom stereocenters. The van der Waals surface area contributed by atoms with E-state index in [1.54, 1.807) is 0 Å². The molecule has 3 nitrogen and oxygen atoms in total. The normalized spacial score (nSPS) is 23.9. The van der Waals surface area contributed by atoms with E-state index in [-0.39, 0.29) is 11.6 Å². The van der Waals surface area contributed by atoms with E-state index in [9.17, 15) is 4.79 Å². The van der Waals surface area contributed by atoms with E-state index in [0.717, 1.165) is 26.1 Å². The second-order valence-corrected chi connectivity index (χ2v) is 6.08. The van der Waals surface area contributed by atoms with Crippen LogP contribution in [-0.4, -0.2) is 40.4 Å². The number of rotatable bonds is 5. The van der Waals surface area contributed by atoms with E-state index in [4.69, 9.17) is 0 Å². The van der Waals surface area contributed by atoms with Gasteiger partial charge in [0.15, 0.2) is 0 Å². The lowest BCUT2D eigenvalue weighted by Gasteiger charge is -2.26. The molecule has 1 aromatic rings. The third-order valence-corrected chi connectivity index (χ3v) is 4.96. The van der Waals surface area contributed by atoms with Crippen molar-refractivity contribution in [3.8, 4) is 0 Å². The van der Waals surface area contributed by atoms with Gasteiger partial charge in [-0.2, -0.15) is 0 Å². The highest BCUT2D eigenvalue weighted by molar-refractivity contribution is 5.86. The second kappa shape index (κ2) is 5.21. The van der Waals surface area contributed by atoms with Gasteiger partial charge in [-0.3, -0.25) is 9.69 Å². The average molecular weight is 272 g/mol. The Morgan fingerprint density at radius 2 is 1.85 bits per heavy atom. The fraction of sp³-hybridized carbons (Fsp3) is 0.588. The first-order valence-electron chi connectivity index (χ1n) is 7.79. The first-order chi connectivity index (χ1) is 9.70. The maximum atomic E-state index is 12.8. The number of carbonyl (C=O) groups excluding carboxylic acids is 1. The Balaban J connectivity index is 1.79. The highest BCUT2D eigenvalue weighted by Gasteiger charge is 2.58. The molecular formula is C17H24N2O. The summed E-state index contributed by atoms with van der Waals surface area (Å²) in [5.41, 5.74) is 1.42. The molecule has 2 fully saturated rings. The van der Waals surface area contributed by atoms with Crippen molar-refractivity contribution in [2.24, 2.45) is 0 Å². The highest BCUT2D eigenvalue weighted by atomic mass is 16.2. The Kier molecular flexibility index (Phi) is 3.55. The molecular weight excluding hydrogens is 248 g/mol. The number of likely N-dealkylation sites (tertiary alicyclic amines) is 1. The van der Waals surface area contributed by atoms with Crippen molar-refractivity contribution >= 4 is 5.91 Å². The molecule has 0 aromatic heterocycles. The van der Waals surface area contributed by atoms with Gasteiger partial charge in [-0.05, 0) is 37.9 Å². The zero-order valence-corrected chi connectivity index (χ0v) is 12.5. The third-order valence-electron chi connectivity index (χ3n) is 4.96. The molecule has 1 spiro atoms. The Labute approximate surface area is 121 Å². The van der Waals surface area contributed by atoms with Crippen molar-refractivity contribution in [2.45, 2.75) is 51.2 Å². The minimum atomic E-state index is 0.108. The smallest absolute Gasteiger partial charge is 0.240 e. The molecule has 1 saturated carbocycles. The van der Waals surface area contributed by atoms with Gasteiger partial charge in [0, 0.05) is 12.1 Å². The summed E-state index contributed by atoms with van der Waals surface area (Å²) in [4.78, 5) is 17.3. The lowest BCUT2D eigenvalue weighted by atomic mass is 10.1. The van der Waals surface area contributed by atoms with Gasteiger partial charge in [0.25, 0.3) is 0 Å². The van der Waals surface area contributed by atoms with E-state index in [0.29, 0.717) is 5.91 Å². The van der Waals surface area contributed by atoms with Gasteiger partial charge in [-0.1, -0.05) is 44.2 Å². The monoisotopic (exact) mass is 272 g/mol. The molecule has 108 valence electrons. The first kappa shape index (κ1) is 13.6. The van der Waals surface area contributed by atoms with Gasteiger partial charge in [0.2, 0.25) is 5.91 Å². The van der Waals surface area contributed by atoms with E-state index in [2.05, 4.69) is 47.9 Å². The van der Waals surface area contributed by atoms with Gasteiger partial charge in [-0.25, -0.2) is 0 Å². The Morgan fingerprint density at radius 3 is 2.40 bits per heavy atom. The van der Waals surface area contributed by atoms with Crippen molar-refractivity contribution in [3.05, 3.63) is 35.9 Å². The van der Waals surface area contributed by atoms with Crippen LogP contribution >= 0.6 is 0 Å². The second-order valence-electron chi connectivity index (χ2n) is 6.08. The molecule has 20 heavy (non-hydrogen) atoms. The molecule has 3 heteroatoms. The van der Waals surface area contributed by atoms with Gasteiger partial charge in [-0.15, -0.1) is 0 Å². The fourth-order valence-electron chi connectivity index (χ4n) is 3.55. The van der Waals surface area contributed by atoms with Crippen molar-refractivity contribution < 1.29 is 4.79 Å². The van der Waals surface area contributed by atoms with Crippen LogP contribution in [0.4, 0.5) is 0 Å². The molecule has 0 radical (unpaired) electrons. The average Bonchev–Trinajstić information content (AvgIpc) is 3.21. The van der Waals surface area contributed by atoms with Crippen molar-refractivity contribution in [1.29, 1.82) is 0 Å². The zero-order chi connectivity index (χ0) is 14.2. The molecule has 1 amide bonds. The number of nitrogens with zero attached hydrogens (tertiary/aromatic N) is 2. The summed E-state index contributed by atoms with van der Waals surface area (Å²) in [6.07, 6.45) is 3.40. The van der Waals surface area contributed by atoms with Crippen molar-refractivity contribution in [3.63, 3.8) is 0 Å². The number of hydrogen-bond acceptors (Lipinski definition) is 2. The predicted molar refractivity (Wildman–Crippen MR) is 80.3 cm³/mol. The van der Waals surface area contributed by atoms with E-state index < -0.39 is 0 Å². The number of amides is 1. The van der Waals surface area contributed by atoms with Crippen LogP contribution in [0.3, 0.4) is 0 Å². The van der Waals surface area contributed by atoms with Crippen LogP contribution in [-0.2, 0) is 11.3 Å². The summed E-state index contributed by atoms with van der Waals surface area (Å²) in [6.45, 7) is 6.99. The molecule has 0 N–H and O–H groups in total. The summed E-state index contributed by atoms with van der Waals surface area (Å²) in [5.74, 6) is 0.343. The first-order valence-corrected chi connectivity index (χ1v) is 7.79.